The second-order valence-electron chi connectivity index (χ2n) is 2.03. The number of hydrogen-bond acceptors (Lipinski definition) is 2. The van der Waals surface area contributed by atoms with E-state index >= 15 is 0 Å². The van der Waals surface area contributed by atoms with E-state index in [1.807, 2.05) is 0 Å². The fourth-order valence-corrected chi connectivity index (χ4v) is 1.03. The molecule has 0 aromatic rings. The zero-order valence-corrected chi connectivity index (χ0v) is 6.10. The molecule has 0 spiro atoms. The summed E-state index contributed by atoms with van der Waals surface area (Å²) in [5, 5.41) is 0. The van der Waals surface area contributed by atoms with Gasteiger partial charge < -0.3 is 5.73 Å². The predicted molar refractivity (Wildman–Crippen MR) is 43.6 cm³/mol. The number of carbonyl (C=O) groups excluding carboxylic acids is 1. The summed E-state index contributed by atoms with van der Waals surface area (Å²) < 4.78 is 0. The van der Waals surface area contributed by atoms with Crippen LogP contribution in [0.3, 0.4) is 0 Å². The van der Waals surface area contributed by atoms with Gasteiger partial charge in [0.2, 0.25) is 5.91 Å². The molecule has 0 aromatic carbocycles. The molecule has 0 fully saturated rings. The van der Waals surface area contributed by atoms with Crippen LogP contribution in [0.5, 0.6) is 0 Å². The highest BCUT2D eigenvalue weighted by molar-refractivity contribution is 7.80. The molecule has 0 aliphatic heterocycles. The van der Waals surface area contributed by atoms with Gasteiger partial charge >= 0.3 is 0 Å². The second kappa shape index (κ2) is 2.75. The van der Waals surface area contributed by atoms with Gasteiger partial charge in [0.25, 0.3) is 0 Å². The molecule has 0 saturated heterocycles. The first kappa shape index (κ1) is 7.15. The standard InChI is InChI=1S/C7H7NOS/c8-7(9)5-3-1-2-4-6(5)10/h1-5H,(H2,8,9). The first-order valence-corrected chi connectivity index (χ1v) is 3.30. The monoisotopic (exact) mass is 153 g/mol. The van der Waals surface area contributed by atoms with Crippen molar-refractivity contribution in [3.05, 3.63) is 24.3 Å². The van der Waals surface area contributed by atoms with Crippen LogP contribution in [-0.2, 0) is 4.79 Å². The molecule has 2 nitrogen and oxygen atoms in total. The molecular formula is C7H7NOS. The van der Waals surface area contributed by atoms with Crippen LogP contribution in [0.4, 0.5) is 0 Å². The highest BCUT2D eigenvalue weighted by atomic mass is 32.1. The number of nitrogens with two attached hydrogens (primary N) is 1. The fraction of sp³-hybridized carbons (Fsp3) is 0.143. The lowest BCUT2D eigenvalue weighted by atomic mass is 10.0. The van der Waals surface area contributed by atoms with Crippen LogP contribution < -0.4 is 5.73 Å². The van der Waals surface area contributed by atoms with E-state index in [9.17, 15) is 4.79 Å². The van der Waals surface area contributed by atoms with Crippen molar-refractivity contribution in [1.82, 2.24) is 0 Å². The lowest BCUT2D eigenvalue weighted by molar-refractivity contribution is -0.118. The van der Waals surface area contributed by atoms with Gasteiger partial charge in [-0.25, -0.2) is 0 Å². The van der Waals surface area contributed by atoms with Crippen molar-refractivity contribution in [2.75, 3.05) is 0 Å². The Morgan fingerprint density at radius 1 is 1.60 bits per heavy atom. The van der Waals surface area contributed by atoms with Crippen LogP contribution in [0.25, 0.3) is 0 Å². The molecular weight excluding hydrogens is 146 g/mol. The van der Waals surface area contributed by atoms with Crippen LogP contribution in [0, 0.1) is 5.92 Å². The maximum absolute atomic E-state index is 10.6. The molecule has 1 amide bonds. The highest BCUT2D eigenvalue weighted by Gasteiger charge is 2.16. The third-order valence-corrected chi connectivity index (χ3v) is 1.68. The van der Waals surface area contributed by atoms with E-state index < -0.39 is 0 Å². The molecule has 0 saturated carbocycles. The van der Waals surface area contributed by atoms with Crippen molar-refractivity contribution in [3.63, 3.8) is 0 Å². The van der Waals surface area contributed by atoms with Gasteiger partial charge in [0.05, 0.1) is 5.92 Å². The van der Waals surface area contributed by atoms with Gasteiger partial charge in [-0.3, -0.25) is 4.79 Å². The summed E-state index contributed by atoms with van der Waals surface area (Å²) in [6.07, 6.45) is 6.97. The highest BCUT2D eigenvalue weighted by Crippen LogP contribution is 2.08. The molecule has 0 bridgehead atoms. The van der Waals surface area contributed by atoms with Gasteiger partial charge in [0.15, 0.2) is 0 Å². The number of rotatable bonds is 1. The van der Waals surface area contributed by atoms with Gasteiger partial charge in [0.1, 0.15) is 0 Å². The zero-order valence-electron chi connectivity index (χ0n) is 5.28. The van der Waals surface area contributed by atoms with Gasteiger partial charge in [-0.05, 0) is 6.08 Å². The first-order valence-electron chi connectivity index (χ1n) is 2.90. The van der Waals surface area contributed by atoms with Crippen molar-refractivity contribution >= 4 is 23.0 Å². The molecule has 0 heterocycles. The Hall–Kier alpha value is -0.960. The molecule has 1 unspecified atom stereocenters. The smallest absolute Gasteiger partial charge is 0.229 e. The summed E-state index contributed by atoms with van der Waals surface area (Å²) in [7, 11) is 0. The molecule has 1 rings (SSSR count). The molecule has 52 valence electrons. The van der Waals surface area contributed by atoms with Gasteiger partial charge in [0, 0.05) is 4.86 Å². The number of primary amides is 1. The lowest BCUT2D eigenvalue weighted by Gasteiger charge is -2.08. The molecule has 1 atom stereocenters. The maximum atomic E-state index is 10.6. The van der Waals surface area contributed by atoms with Crippen molar-refractivity contribution in [2.45, 2.75) is 0 Å². The third-order valence-electron chi connectivity index (χ3n) is 1.29. The average Bonchev–Trinajstić information content (AvgIpc) is 1.88. The lowest BCUT2D eigenvalue weighted by Crippen LogP contribution is -2.27. The molecule has 1 aliphatic carbocycles. The average molecular weight is 153 g/mol. The van der Waals surface area contributed by atoms with Crippen molar-refractivity contribution < 1.29 is 4.79 Å². The van der Waals surface area contributed by atoms with Gasteiger partial charge in [-0.1, -0.05) is 30.4 Å². The Morgan fingerprint density at radius 2 is 2.30 bits per heavy atom. The number of carbonyl (C=O) groups is 1. The summed E-state index contributed by atoms with van der Waals surface area (Å²) >= 11 is 4.86. The number of hydrogen-bond donors (Lipinski definition) is 1. The molecule has 0 radical (unpaired) electrons. The molecule has 1 aliphatic rings. The van der Waals surface area contributed by atoms with Crippen molar-refractivity contribution in [1.29, 1.82) is 0 Å². The minimum atomic E-state index is -0.384. The van der Waals surface area contributed by atoms with Crippen LogP contribution in [0.1, 0.15) is 0 Å². The molecule has 10 heavy (non-hydrogen) atoms. The summed E-state index contributed by atoms with van der Waals surface area (Å²) in [5.41, 5.74) is 5.05. The number of thiocarbonyl (C=S) groups is 1. The van der Waals surface area contributed by atoms with E-state index in [0.29, 0.717) is 4.86 Å². The van der Waals surface area contributed by atoms with Crippen LogP contribution in [-0.4, -0.2) is 10.8 Å². The molecule has 2 N–H and O–H groups in total. The van der Waals surface area contributed by atoms with E-state index in [-0.39, 0.29) is 11.8 Å². The molecule has 3 heteroatoms. The van der Waals surface area contributed by atoms with E-state index in [1.165, 1.54) is 0 Å². The maximum Gasteiger partial charge on any atom is 0.229 e. The third kappa shape index (κ3) is 1.30. The van der Waals surface area contributed by atoms with E-state index in [0.717, 1.165) is 0 Å². The van der Waals surface area contributed by atoms with Crippen LogP contribution >= 0.6 is 12.2 Å². The summed E-state index contributed by atoms with van der Waals surface area (Å²) in [6, 6.07) is 0. The Kier molecular flexibility index (Phi) is 1.97. The number of amides is 1. The van der Waals surface area contributed by atoms with Crippen LogP contribution in [0.15, 0.2) is 24.3 Å². The second-order valence-corrected chi connectivity index (χ2v) is 2.50. The van der Waals surface area contributed by atoms with E-state index in [1.54, 1.807) is 24.3 Å². The topological polar surface area (TPSA) is 43.1 Å². The first-order chi connectivity index (χ1) is 4.72. The van der Waals surface area contributed by atoms with Crippen molar-refractivity contribution in [2.24, 2.45) is 11.7 Å². The van der Waals surface area contributed by atoms with E-state index in [4.69, 9.17) is 18.0 Å². The zero-order chi connectivity index (χ0) is 7.56. The SMILES string of the molecule is NC(=O)C1C=CC=CC1=S. The predicted octanol–water partition coefficient (Wildman–Crippen LogP) is 0.584. The Labute approximate surface area is 64.4 Å². The minimum absolute atomic E-state index is 0.375. The fourth-order valence-electron chi connectivity index (χ4n) is 0.759. The van der Waals surface area contributed by atoms with Gasteiger partial charge in [-0.15, -0.1) is 0 Å². The molecule has 0 aromatic heterocycles. The quantitative estimate of drug-likeness (QED) is 0.560. The van der Waals surface area contributed by atoms with Gasteiger partial charge in [-0.2, -0.15) is 0 Å². The number of allylic oxidation sites excluding steroid dienone is 3. The van der Waals surface area contributed by atoms with E-state index in [2.05, 4.69) is 0 Å². The van der Waals surface area contributed by atoms with Crippen molar-refractivity contribution in [3.8, 4) is 0 Å². The Bertz CT molecular complexity index is 230. The summed E-state index contributed by atoms with van der Waals surface area (Å²) in [6.45, 7) is 0. The summed E-state index contributed by atoms with van der Waals surface area (Å²) in [4.78, 5) is 11.2. The summed E-state index contributed by atoms with van der Waals surface area (Å²) in [5.74, 6) is -0.759. The normalized spacial score (nSPS) is 23.2. The Balaban J connectivity index is 2.80. The minimum Gasteiger partial charge on any atom is -0.369 e. The Morgan fingerprint density at radius 3 is 2.70 bits per heavy atom. The largest absolute Gasteiger partial charge is 0.369 e. The van der Waals surface area contributed by atoms with Crippen LogP contribution in [0.2, 0.25) is 0 Å².